The molecule has 1 heteroatoms. The zero-order valence-electron chi connectivity index (χ0n) is 14.1. The predicted molar refractivity (Wildman–Crippen MR) is 104 cm³/mol. The van der Waals surface area contributed by atoms with Crippen LogP contribution >= 0.6 is 0 Å². The van der Waals surface area contributed by atoms with Gasteiger partial charge in [-0.3, -0.25) is 0 Å². The van der Waals surface area contributed by atoms with E-state index in [1.54, 1.807) is 0 Å². The number of aryl methyl sites for hydroxylation is 1. The summed E-state index contributed by atoms with van der Waals surface area (Å²) in [6, 6.07) is 25.3. The normalized spacial score (nSPS) is 12.2. The van der Waals surface area contributed by atoms with Crippen LogP contribution in [-0.2, 0) is 6.42 Å². The lowest BCUT2D eigenvalue weighted by atomic mass is 9.93. The van der Waals surface area contributed by atoms with Crippen molar-refractivity contribution in [3.8, 4) is 28.0 Å². The summed E-state index contributed by atoms with van der Waals surface area (Å²) < 4.78 is 0. The Morgan fingerprint density at radius 1 is 0.760 bits per heavy atom. The maximum atomic E-state index is 10.5. The molecule has 1 aliphatic rings. The lowest BCUT2D eigenvalue weighted by Gasteiger charge is -2.12. The summed E-state index contributed by atoms with van der Waals surface area (Å²) >= 11 is 0. The monoisotopic (exact) mass is 322 g/mol. The number of hydrogen-bond donors (Lipinski definition) is 1. The van der Waals surface area contributed by atoms with Crippen molar-refractivity contribution in [2.24, 2.45) is 0 Å². The standard InChI is InChI=1S/C24H18O/c1-15-6-5-9-21-22(25)14-19-13-18-12-17(16-7-3-2-4-8-16)10-11-20(18)24(19)23(15)21/h2-12,14,25H,13H2,1H3. The van der Waals surface area contributed by atoms with E-state index < -0.39 is 0 Å². The van der Waals surface area contributed by atoms with Crippen LogP contribution in [0.15, 0.2) is 72.8 Å². The molecule has 0 fully saturated rings. The smallest absolute Gasteiger partial charge is 0.123 e. The van der Waals surface area contributed by atoms with Crippen LogP contribution in [0.1, 0.15) is 16.7 Å². The summed E-state index contributed by atoms with van der Waals surface area (Å²) in [7, 11) is 0. The molecule has 120 valence electrons. The van der Waals surface area contributed by atoms with E-state index in [2.05, 4.69) is 55.5 Å². The fourth-order valence-electron chi connectivity index (χ4n) is 4.13. The van der Waals surface area contributed by atoms with E-state index in [0.717, 1.165) is 11.8 Å². The van der Waals surface area contributed by atoms with E-state index in [1.807, 2.05) is 24.3 Å². The molecule has 0 aromatic heterocycles. The van der Waals surface area contributed by atoms with Gasteiger partial charge in [-0.1, -0.05) is 66.7 Å². The van der Waals surface area contributed by atoms with Crippen LogP contribution in [-0.4, -0.2) is 5.11 Å². The molecule has 0 heterocycles. The highest BCUT2D eigenvalue weighted by Gasteiger charge is 2.23. The molecule has 0 aliphatic heterocycles. The molecule has 0 unspecified atom stereocenters. The molecule has 0 amide bonds. The van der Waals surface area contributed by atoms with E-state index in [9.17, 15) is 5.11 Å². The quantitative estimate of drug-likeness (QED) is 0.396. The Kier molecular flexibility index (Phi) is 2.98. The zero-order chi connectivity index (χ0) is 17.0. The number of benzene rings is 4. The van der Waals surface area contributed by atoms with Gasteiger partial charge in [0, 0.05) is 5.39 Å². The van der Waals surface area contributed by atoms with Crippen molar-refractivity contribution in [3.63, 3.8) is 0 Å². The first-order valence-electron chi connectivity index (χ1n) is 8.65. The van der Waals surface area contributed by atoms with Crippen molar-refractivity contribution in [3.05, 3.63) is 89.5 Å². The van der Waals surface area contributed by atoms with Crippen molar-refractivity contribution in [2.45, 2.75) is 13.3 Å². The average molecular weight is 322 g/mol. The molecule has 4 aromatic rings. The predicted octanol–water partition coefficient (Wildman–Crippen LogP) is 6.09. The van der Waals surface area contributed by atoms with Gasteiger partial charge in [-0.2, -0.15) is 0 Å². The average Bonchev–Trinajstić information content (AvgIpc) is 3.00. The number of rotatable bonds is 1. The van der Waals surface area contributed by atoms with Gasteiger partial charge in [0.2, 0.25) is 0 Å². The largest absolute Gasteiger partial charge is 0.507 e. The fourth-order valence-corrected chi connectivity index (χ4v) is 4.13. The Labute approximate surface area is 147 Å². The topological polar surface area (TPSA) is 20.2 Å². The van der Waals surface area contributed by atoms with Gasteiger partial charge in [-0.05, 0) is 63.7 Å². The number of fused-ring (bicyclic) bond motifs is 5. The molecule has 1 nitrogen and oxygen atoms in total. The van der Waals surface area contributed by atoms with Gasteiger partial charge in [0.25, 0.3) is 0 Å². The van der Waals surface area contributed by atoms with Crippen LogP contribution in [0, 0.1) is 6.92 Å². The van der Waals surface area contributed by atoms with Crippen molar-refractivity contribution < 1.29 is 5.11 Å². The third-order valence-corrected chi connectivity index (χ3v) is 5.29. The number of phenols is 1. The highest BCUT2D eigenvalue weighted by molar-refractivity contribution is 6.05. The van der Waals surface area contributed by atoms with Crippen molar-refractivity contribution in [2.75, 3.05) is 0 Å². The van der Waals surface area contributed by atoms with Crippen LogP contribution in [0.4, 0.5) is 0 Å². The van der Waals surface area contributed by atoms with Crippen LogP contribution in [0.5, 0.6) is 5.75 Å². The molecule has 4 aromatic carbocycles. The van der Waals surface area contributed by atoms with Crippen molar-refractivity contribution in [1.29, 1.82) is 0 Å². The Morgan fingerprint density at radius 3 is 2.44 bits per heavy atom. The minimum atomic E-state index is 0.383. The number of hydrogen-bond acceptors (Lipinski definition) is 1. The van der Waals surface area contributed by atoms with E-state index >= 15 is 0 Å². The van der Waals surface area contributed by atoms with Gasteiger partial charge in [-0.15, -0.1) is 0 Å². The summed E-state index contributed by atoms with van der Waals surface area (Å²) in [5.41, 5.74) is 8.85. The van der Waals surface area contributed by atoms with Gasteiger partial charge >= 0.3 is 0 Å². The Morgan fingerprint density at radius 2 is 1.60 bits per heavy atom. The second-order valence-electron chi connectivity index (χ2n) is 6.84. The maximum absolute atomic E-state index is 10.5. The van der Waals surface area contributed by atoms with Crippen LogP contribution < -0.4 is 0 Å². The number of phenolic OH excluding ortho intramolecular Hbond substituents is 1. The number of aromatic hydroxyl groups is 1. The summed E-state index contributed by atoms with van der Waals surface area (Å²) in [5, 5.41) is 12.6. The first kappa shape index (κ1) is 14.3. The lowest BCUT2D eigenvalue weighted by Crippen LogP contribution is -1.87. The second-order valence-corrected chi connectivity index (χ2v) is 6.84. The molecule has 0 atom stereocenters. The van der Waals surface area contributed by atoms with Gasteiger partial charge in [0.1, 0.15) is 5.75 Å². The minimum Gasteiger partial charge on any atom is -0.507 e. The van der Waals surface area contributed by atoms with E-state index in [1.165, 1.54) is 44.3 Å². The zero-order valence-corrected chi connectivity index (χ0v) is 14.1. The van der Waals surface area contributed by atoms with Gasteiger partial charge in [-0.25, -0.2) is 0 Å². The Balaban J connectivity index is 1.76. The van der Waals surface area contributed by atoms with Gasteiger partial charge in [0.05, 0.1) is 0 Å². The molecule has 0 radical (unpaired) electrons. The van der Waals surface area contributed by atoms with E-state index in [4.69, 9.17) is 0 Å². The van der Waals surface area contributed by atoms with Crippen molar-refractivity contribution in [1.82, 2.24) is 0 Å². The Bertz CT molecular complexity index is 1120. The molecule has 25 heavy (non-hydrogen) atoms. The first-order valence-corrected chi connectivity index (χ1v) is 8.65. The fraction of sp³-hybridized carbons (Fsp3) is 0.0833. The van der Waals surface area contributed by atoms with Gasteiger partial charge < -0.3 is 5.11 Å². The molecule has 5 rings (SSSR count). The Hall–Kier alpha value is -3.06. The van der Waals surface area contributed by atoms with E-state index in [-0.39, 0.29) is 0 Å². The lowest BCUT2D eigenvalue weighted by molar-refractivity contribution is 0.481. The molecule has 0 bridgehead atoms. The van der Waals surface area contributed by atoms with Crippen LogP contribution in [0.3, 0.4) is 0 Å². The maximum Gasteiger partial charge on any atom is 0.123 e. The third kappa shape index (κ3) is 2.09. The van der Waals surface area contributed by atoms with E-state index in [0.29, 0.717) is 5.75 Å². The van der Waals surface area contributed by atoms with Crippen molar-refractivity contribution >= 4 is 10.8 Å². The first-order chi connectivity index (χ1) is 12.2. The molecule has 0 saturated heterocycles. The van der Waals surface area contributed by atoms with Crippen LogP contribution in [0.25, 0.3) is 33.0 Å². The summed E-state index contributed by atoms with van der Waals surface area (Å²) in [6.45, 7) is 2.12. The summed E-state index contributed by atoms with van der Waals surface area (Å²) in [4.78, 5) is 0. The molecule has 1 N–H and O–H groups in total. The second kappa shape index (κ2) is 5.22. The van der Waals surface area contributed by atoms with Gasteiger partial charge in [0.15, 0.2) is 0 Å². The molecule has 0 spiro atoms. The summed E-state index contributed by atoms with van der Waals surface area (Å²) in [6.07, 6.45) is 0.878. The highest BCUT2D eigenvalue weighted by Crippen LogP contribution is 2.46. The minimum absolute atomic E-state index is 0.383. The summed E-state index contributed by atoms with van der Waals surface area (Å²) in [5.74, 6) is 0.383. The molecular formula is C24H18O. The van der Waals surface area contributed by atoms with Crippen LogP contribution in [0.2, 0.25) is 0 Å². The molecule has 1 aliphatic carbocycles. The third-order valence-electron chi connectivity index (χ3n) is 5.29. The molecule has 0 saturated carbocycles. The SMILES string of the molecule is Cc1cccc2c(O)cc3c(c12)-c1ccc(-c2ccccc2)cc1C3. The molecular weight excluding hydrogens is 304 g/mol. The highest BCUT2D eigenvalue weighted by atomic mass is 16.3.